The maximum Gasteiger partial charge on any atom is 0.373 e. The molecule has 0 saturated heterocycles. The molecular formula is C25H42O3. The summed E-state index contributed by atoms with van der Waals surface area (Å²) >= 11 is 0. The van der Waals surface area contributed by atoms with Crippen molar-refractivity contribution >= 4 is 5.97 Å². The molecule has 0 saturated carbocycles. The van der Waals surface area contributed by atoms with Crippen molar-refractivity contribution in [3.05, 3.63) is 35.4 Å². The zero-order valence-electron chi connectivity index (χ0n) is 18.7. The molecule has 3 nitrogen and oxygen atoms in total. The van der Waals surface area contributed by atoms with Crippen molar-refractivity contribution in [3.8, 4) is 0 Å². The highest BCUT2D eigenvalue weighted by Gasteiger charge is 2.15. The maximum absolute atomic E-state index is 12.0. The van der Waals surface area contributed by atoms with E-state index in [0.717, 1.165) is 12.8 Å². The molecule has 3 heteroatoms. The summed E-state index contributed by atoms with van der Waals surface area (Å²) in [5.74, 6) is -0.417. The van der Waals surface area contributed by atoms with Gasteiger partial charge in [0.1, 0.15) is 0 Å². The predicted molar refractivity (Wildman–Crippen MR) is 118 cm³/mol. The van der Waals surface area contributed by atoms with Crippen LogP contribution in [0.15, 0.2) is 24.3 Å². The Hall–Kier alpha value is -1.35. The standard InChI is InChI=1S/C25H42O3/c1-5-6-7-8-9-10-11-12-13-14-15-16-21-27-28-24(26)22-17-19-23(20-18-22)25(2,3)4/h17-20H,5-16,21H2,1-4H3. The van der Waals surface area contributed by atoms with Crippen LogP contribution >= 0.6 is 0 Å². The molecule has 28 heavy (non-hydrogen) atoms. The van der Waals surface area contributed by atoms with Crippen LogP contribution in [-0.2, 0) is 15.2 Å². The molecule has 0 spiro atoms. The van der Waals surface area contributed by atoms with E-state index in [1.54, 1.807) is 12.1 Å². The predicted octanol–water partition coefficient (Wildman–Crippen LogP) is 7.77. The smallest absolute Gasteiger partial charge is 0.293 e. The molecule has 1 rings (SSSR count). The van der Waals surface area contributed by atoms with Gasteiger partial charge in [0.05, 0.1) is 12.2 Å². The van der Waals surface area contributed by atoms with Gasteiger partial charge in [0.25, 0.3) is 0 Å². The molecule has 0 atom stereocenters. The molecule has 160 valence electrons. The highest BCUT2D eigenvalue weighted by Crippen LogP contribution is 2.22. The number of carbonyl (C=O) groups excluding carboxylic acids is 1. The van der Waals surface area contributed by atoms with Crippen LogP contribution in [-0.4, -0.2) is 12.6 Å². The van der Waals surface area contributed by atoms with Gasteiger partial charge in [-0.25, -0.2) is 4.79 Å². The largest absolute Gasteiger partial charge is 0.373 e. The van der Waals surface area contributed by atoms with Crippen molar-refractivity contribution < 1.29 is 14.6 Å². The molecule has 1 aromatic carbocycles. The second kappa shape index (κ2) is 14.6. The number of carbonyl (C=O) groups is 1. The first-order chi connectivity index (χ1) is 13.4. The average Bonchev–Trinajstić information content (AvgIpc) is 2.67. The molecule has 0 unspecified atom stereocenters. The van der Waals surface area contributed by atoms with Gasteiger partial charge in [-0.05, 0) is 29.5 Å². The topological polar surface area (TPSA) is 35.5 Å². The highest BCUT2D eigenvalue weighted by atomic mass is 17.2. The molecule has 1 aromatic rings. The first-order valence-corrected chi connectivity index (χ1v) is 11.4. The number of hydrogen-bond donors (Lipinski definition) is 0. The summed E-state index contributed by atoms with van der Waals surface area (Å²) in [5.41, 5.74) is 1.80. The number of benzene rings is 1. The van der Waals surface area contributed by atoms with Crippen LogP contribution in [0, 0.1) is 0 Å². The van der Waals surface area contributed by atoms with Crippen LogP contribution in [0.2, 0.25) is 0 Å². The lowest BCUT2D eigenvalue weighted by atomic mass is 9.87. The van der Waals surface area contributed by atoms with Gasteiger partial charge >= 0.3 is 5.97 Å². The van der Waals surface area contributed by atoms with E-state index in [4.69, 9.17) is 9.78 Å². The van der Waals surface area contributed by atoms with Crippen molar-refractivity contribution in [2.75, 3.05) is 6.61 Å². The first kappa shape index (κ1) is 24.7. The number of hydrogen-bond acceptors (Lipinski definition) is 3. The van der Waals surface area contributed by atoms with Crippen LogP contribution in [0.1, 0.15) is 121 Å². The zero-order valence-corrected chi connectivity index (χ0v) is 18.7. The van der Waals surface area contributed by atoms with E-state index in [1.807, 2.05) is 12.1 Å². The van der Waals surface area contributed by atoms with Gasteiger partial charge in [0, 0.05) is 0 Å². The Labute approximate surface area is 173 Å². The third-order valence-corrected chi connectivity index (χ3v) is 5.20. The normalized spacial score (nSPS) is 11.6. The first-order valence-electron chi connectivity index (χ1n) is 11.4. The molecule has 0 aliphatic heterocycles. The molecular weight excluding hydrogens is 348 g/mol. The maximum atomic E-state index is 12.0. The molecule has 0 amide bonds. The minimum absolute atomic E-state index is 0.0770. The molecule has 0 bridgehead atoms. The van der Waals surface area contributed by atoms with Gasteiger partial charge in [0.15, 0.2) is 0 Å². The van der Waals surface area contributed by atoms with Crippen LogP contribution in [0.4, 0.5) is 0 Å². The number of unbranched alkanes of at least 4 members (excludes halogenated alkanes) is 11. The Morgan fingerprint density at radius 1 is 0.750 bits per heavy atom. The summed E-state index contributed by atoms with van der Waals surface area (Å²) in [7, 11) is 0. The summed E-state index contributed by atoms with van der Waals surface area (Å²) in [6, 6.07) is 7.55. The second-order valence-electron chi connectivity index (χ2n) is 8.91. The van der Waals surface area contributed by atoms with Gasteiger partial charge in [-0.3, -0.25) is 4.89 Å². The lowest BCUT2D eigenvalue weighted by Gasteiger charge is -2.18. The molecule has 0 heterocycles. The summed E-state index contributed by atoms with van der Waals surface area (Å²) in [6.45, 7) is 9.19. The second-order valence-corrected chi connectivity index (χ2v) is 8.91. The van der Waals surface area contributed by atoms with Crippen molar-refractivity contribution in [2.24, 2.45) is 0 Å². The van der Waals surface area contributed by atoms with Crippen LogP contribution in [0.25, 0.3) is 0 Å². The van der Waals surface area contributed by atoms with E-state index in [9.17, 15) is 4.79 Å². The SMILES string of the molecule is CCCCCCCCCCCCCCOOC(=O)c1ccc(C(C)(C)C)cc1. The monoisotopic (exact) mass is 390 g/mol. The van der Waals surface area contributed by atoms with E-state index < -0.39 is 5.97 Å². The molecule has 0 radical (unpaired) electrons. The Balaban J connectivity index is 1.96. The molecule has 0 N–H and O–H groups in total. The van der Waals surface area contributed by atoms with E-state index in [1.165, 1.54) is 69.8 Å². The lowest BCUT2D eigenvalue weighted by molar-refractivity contribution is -0.241. The van der Waals surface area contributed by atoms with Gasteiger partial charge in [-0.15, -0.1) is 0 Å². The molecule has 0 aromatic heterocycles. The van der Waals surface area contributed by atoms with Crippen molar-refractivity contribution in [1.29, 1.82) is 0 Å². The summed E-state index contributed by atoms with van der Waals surface area (Å²) in [4.78, 5) is 22.0. The third-order valence-electron chi connectivity index (χ3n) is 5.20. The van der Waals surface area contributed by atoms with Crippen molar-refractivity contribution in [2.45, 2.75) is 110 Å². The van der Waals surface area contributed by atoms with Gasteiger partial charge in [-0.2, -0.15) is 4.89 Å². The minimum Gasteiger partial charge on any atom is -0.293 e. The fraction of sp³-hybridized carbons (Fsp3) is 0.720. The van der Waals surface area contributed by atoms with Gasteiger partial charge in [-0.1, -0.05) is 110 Å². The molecule has 0 fully saturated rings. The Morgan fingerprint density at radius 2 is 1.21 bits per heavy atom. The van der Waals surface area contributed by atoms with Crippen LogP contribution in [0.3, 0.4) is 0 Å². The van der Waals surface area contributed by atoms with E-state index in [2.05, 4.69) is 27.7 Å². The molecule has 0 aliphatic rings. The van der Waals surface area contributed by atoms with Gasteiger partial charge in [0.2, 0.25) is 0 Å². The van der Waals surface area contributed by atoms with E-state index >= 15 is 0 Å². The van der Waals surface area contributed by atoms with Crippen LogP contribution in [0.5, 0.6) is 0 Å². The fourth-order valence-electron chi connectivity index (χ4n) is 3.25. The lowest BCUT2D eigenvalue weighted by Crippen LogP contribution is -2.12. The van der Waals surface area contributed by atoms with Crippen LogP contribution < -0.4 is 0 Å². The van der Waals surface area contributed by atoms with Gasteiger partial charge < -0.3 is 0 Å². The summed E-state index contributed by atoms with van der Waals surface area (Å²) < 4.78 is 0. The Morgan fingerprint density at radius 3 is 1.68 bits per heavy atom. The third kappa shape index (κ3) is 11.5. The zero-order chi connectivity index (χ0) is 20.7. The quantitative estimate of drug-likeness (QED) is 0.174. The fourth-order valence-corrected chi connectivity index (χ4v) is 3.25. The number of rotatable bonds is 15. The Bertz CT molecular complexity index is 514. The Kier molecular flexibility index (Phi) is 12.9. The average molecular weight is 391 g/mol. The molecule has 0 aliphatic carbocycles. The van der Waals surface area contributed by atoms with Crippen molar-refractivity contribution in [3.63, 3.8) is 0 Å². The van der Waals surface area contributed by atoms with E-state index in [-0.39, 0.29) is 5.41 Å². The summed E-state index contributed by atoms with van der Waals surface area (Å²) in [6.07, 6.45) is 15.6. The minimum atomic E-state index is -0.417. The highest BCUT2D eigenvalue weighted by molar-refractivity contribution is 5.88. The van der Waals surface area contributed by atoms with Crippen molar-refractivity contribution in [1.82, 2.24) is 0 Å². The summed E-state index contributed by atoms with van der Waals surface area (Å²) in [5, 5.41) is 0. The van der Waals surface area contributed by atoms with E-state index in [0.29, 0.717) is 12.2 Å².